The number of imidazole rings is 1. The van der Waals surface area contributed by atoms with Gasteiger partial charge in [-0.05, 0) is 30.2 Å². The molecule has 0 radical (unpaired) electrons. The maximum atomic E-state index is 12.2. The number of piperazine rings is 1. The summed E-state index contributed by atoms with van der Waals surface area (Å²) in [5.41, 5.74) is 3.39. The highest BCUT2D eigenvalue weighted by Crippen LogP contribution is 2.21. The molecule has 0 atom stereocenters. The lowest BCUT2D eigenvalue weighted by Crippen LogP contribution is -2.47. The lowest BCUT2D eigenvalue weighted by Gasteiger charge is -2.36. The van der Waals surface area contributed by atoms with E-state index in [1.807, 2.05) is 12.1 Å². The van der Waals surface area contributed by atoms with Gasteiger partial charge >= 0.3 is 0 Å². The SMILES string of the molecule is O=C(Cn1ccnc1)Nc1cccc(N2CCN(CCc3ccccc3)CC2)c1. The highest BCUT2D eigenvalue weighted by molar-refractivity contribution is 5.91. The Morgan fingerprint density at radius 1 is 1.00 bits per heavy atom. The minimum absolute atomic E-state index is 0.0501. The van der Waals surface area contributed by atoms with Crippen LogP contribution >= 0.6 is 0 Å². The number of hydrogen-bond acceptors (Lipinski definition) is 4. The predicted octanol–water partition coefficient (Wildman–Crippen LogP) is 2.89. The number of benzene rings is 2. The van der Waals surface area contributed by atoms with Crippen LogP contribution in [-0.2, 0) is 17.8 Å². The van der Waals surface area contributed by atoms with Gasteiger partial charge in [-0.15, -0.1) is 0 Å². The van der Waals surface area contributed by atoms with Crippen LogP contribution in [0.15, 0.2) is 73.3 Å². The van der Waals surface area contributed by atoms with E-state index in [0.717, 1.165) is 50.5 Å². The van der Waals surface area contributed by atoms with E-state index in [9.17, 15) is 4.79 Å². The summed E-state index contributed by atoms with van der Waals surface area (Å²) in [6, 6.07) is 18.8. The summed E-state index contributed by atoms with van der Waals surface area (Å²) in [4.78, 5) is 21.1. The molecule has 2 aromatic carbocycles. The Balaban J connectivity index is 1.27. The number of nitrogens with one attached hydrogen (secondary N) is 1. The third kappa shape index (κ3) is 5.45. The molecule has 0 aliphatic carbocycles. The highest BCUT2D eigenvalue weighted by Gasteiger charge is 2.17. The number of anilines is 2. The van der Waals surface area contributed by atoms with E-state index in [1.54, 1.807) is 23.3 Å². The fourth-order valence-electron chi connectivity index (χ4n) is 3.69. The van der Waals surface area contributed by atoms with Crippen molar-refractivity contribution in [1.82, 2.24) is 14.5 Å². The van der Waals surface area contributed by atoms with Crippen molar-refractivity contribution < 1.29 is 4.79 Å². The molecule has 0 saturated carbocycles. The fourth-order valence-corrected chi connectivity index (χ4v) is 3.69. The van der Waals surface area contributed by atoms with Gasteiger partial charge in [0.25, 0.3) is 0 Å². The predicted molar refractivity (Wildman–Crippen MR) is 116 cm³/mol. The maximum absolute atomic E-state index is 12.2. The number of aromatic nitrogens is 2. The van der Waals surface area contributed by atoms with Crippen molar-refractivity contribution in [3.63, 3.8) is 0 Å². The zero-order valence-electron chi connectivity index (χ0n) is 16.6. The van der Waals surface area contributed by atoms with Crippen LogP contribution in [0.5, 0.6) is 0 Å². The normalized spacial score (nSPS) is 14.7. The molecule has 6 heteroatoms. The van der Waals surface area contributed by atoms with Gasteiger partial charge in [-0.3, -0.25) is 9.69 Å². The van der Waals surface area contributed by atoms with E-state index in [4.69, 9.17) is 0 Å². The summed E-state index contributed by atoms with van der Waals surface area (Å²) >= 11 is 0. The average molecular weight is 390 g/mol. The Morgan fingerprint density at radius 3 is 2.59 bits per heavy atom. The second-order valence-corrected chi connectivity index (χ2v) is 7.40. The number of carbonyl (C=O) groups excluding carboxylic acids is 1. The molecule has 1 aliphatic heterocycles. The Bertz CT molecular complexity index is 902. The summed E-state index contributed by atoms with van der Waals surface area (Å²) in [7, 11) is 0. The van der Waals surface area contributed by atoms with Gasteiger partial charge in [0.05, 0.1) is 6.33 Å². The Labute approximate surface area is 171 Å². The van der Waals surface area contributed by atoms with Crippen molar-refractivity contribution in [3.8, 4) is 0 Å². The fraction of sp³-hybridized carbons (Fsp3) is 0.304. The first-order chi connectivity index (χ1) is 14.3. The van der Waals surface area contributed by atoms with Crippen LogP contribution in [0, 0.1) is 0 Å². The molecule has 150 valence electrons. The molecule has 0 spiro atoms. The number of nitrogens with zero attached hydrogens (tertiary/aromatic N) is 4. The van der Waals surface area contributed by atoms with Gasteiger partial charge in [-0.1, -0.05) is 36.4 Å². The molecule has 1 aromatic heterocycles. The van der Waals surface area contributed by atoms with Crippen molar-refractivity contribution >= 4 is 17.3 Å². The van der Waals surface area contributed by atoms with Gasteiger partial charge in [0.2, 0.25) is 5.91 Å². The first-order valence-corrected chi connectivity index (χ1v) is 10.1. The molecule has 1 fully saturated rings. The van der Waals surface area contributed by atoms with Crippen molar-refractivity contribution in [2.75, 3.05) is 42.9 Å². The molecule has 1 saturated heterocycles. The van der Waals surface area contributed by atoms with Crippen LogP contribution in [0.1, 0.15) is 5.56 Å². The van der Waals surface area contributed by atoms with Gasteiger partial charge in [0.15, 0.2) is 0 Å². The van der Waals surface area contributed by atoms with Crippen LogP contribution in [0.25, 0.3) is 0 Å². The summed E-state index contributed by atoms with van der Waals surface area (Å²) in [5, 5.41) is 2.98. The molecular formula is C23H27N5O. The maximum Gasteiger partial charge on any atom is 0.244 e. The smallest absolute Gasteiger partial charge is 0.244 e. The molecule has 3 aromatic rings. The van der Waals surface area contributed by atoms with Crippen LogP contribution in [-0.4, -0.2) is 53.1 Å². The first-order valence-electron chi connectivity index (χ1n) is 10.1. The molecule has 2 heterocycles. The minimum Gasteiger partial charge on any atom is -0.369 e. The second-order valence-electron chi connectivity index (χ2n) is 7.40. The van der Waals surface area contributed by atoms with Crippen molar-refractivity contribution in [3.05, 3.63) is 78.9 Å². The van der Waals surface area contributed by atoms with Crippen molar-refractivity contribution in [1.29, 1.82) is 0 Å². The number of carbonyl (C=O) groups is 1. The van der Waals surface area contributed by atoms with Crippen LogP contribution in [0.4, 0.5) is 11.4 Å². The largest absolute Gasteiger partial charge is 0.369 e. The topological polar surface area (TPSA) is 53.4 Å². The molecule has 6 nitrogen and oxygen atoms in total. The van der Waals surface area contributed by atoms with Crippen molar-refractivity contribution in [2.24, 2.45) is 0 Å². The summed E-state index contributed by atoms with van der Waals surface area (Å²) in [5.74, 6) is -0.0501. The van der Waals surface area contributed by atoms with E-state index in [1.165, 1.54) is 5.56 Å². The molecule has 0 bridgehead atoms. The average Bonchev–Trinajstić information content (AvgIpc) is 3.26. The molecule has 1 amide bonds. The Kier molecular flexibility index (Phi) is 6.22. The highest BCUT2D eigenvalue weighted by atomic mass is 16.1. The van der Waals surface area contributed by atoms with Gasteiger partial charge < -0.3 is 14.8 Å². The van der Waals surface area contributed by atoms with Crippen LogP contribution in [0.3, 0.4) is 0 Å². The number of amides is 1. The van der Waals surface area contributed by atoms with E-state index < -0.39 is 0 Å². The van der Waals surface area contributed by atoms with Gasteiger partial charge in [0.1, 0.15) is 6.54 Å². The summed E-state index contributed by atoms with van der Waals surface area (Å²) < 4.78 is 1.76. The molecule has 1 aliphatic rings. The second kappa shape index (κ2) is 9.39. The quantitative estimate of drug-likeness (QED) is 0.675. The third-order valence-corrected chi connectivity index (χ3v) is 5.31. The number of hydrogen-bond donors (Lipinski definition) is 1. The molecule has 29 heavy (non-hydrogen) atoms. The monoisotopic (exact) mass is 389 g/mol. The Morgan fingerprint density at radius 2 is 1.83 bits per heavy atom. The zero-order valence-corrected chi connectivity index (χ0v) is 16.6. The van der Waals surface area contributed by atoms with Gasteiger partial charge in [-0.2, -0.15) is 0 Å². The standard InChI is InChI=1S/C23H27N5O/c29-23(18-27-12-10-24-19-27)25-21-7-4-8-22(17-21)28-15-13-26(14-16-28)11-9-20-5-2-1-3-6-20/h1-8,10,12,17,19H,9,11,13-16,18H2,(H,25,29). The molecular weight excluding hydrogens is 362 g/mol. The van der Waals surface area contributed by atoms with Crippen LogP contribution in [0.2, 0.25) is 0 Å². The van der Waals surface area contributed by atoms with E-state index in [0.29, 0.717) is 0 Å². The first kappa shape index (κ1) is 19.2. The van der Waals surface area contributed by atoms with E-state index in [-0.39, 0.29) is 12.5 Å². The molecule has 1 N–H and O–H groups in total. The zero-order chi connectivity index (χ0) is 19.9. The van der Waals surface area contributed by atoms with Gasteiger partial charge in [-0.25, -0.2) is 4.98 Å². The lowest BCUT2D eigenvalue weighted by atomic mass is 10.1. The third-order valence-electron chi connectivity index (χ3n) is 5.31. The summed E-state index contributed by atoms with van der Waals surface area (Å²) in [6.07, 6.45) is 6.20. The van der Waals surface area contributed by atoms with E-state index >= 15 is 0 Å². The molecule has 4 rings (SSSR count). The minimum atomic E-state index is -0.0501. The lowest BCUT2D eigenvalue weighted by molar-refractivity contribution is -0.116. The number of rotatable bonds is 7. The van der Waals surface area contributed by atoms with E-state index in [2.05, 4.69) is 62.6 Å². The van der Waals surface area contributed by atoms with Gasteiger partial charge in [0, 0.05) is 56.5 Å². The molecule has 0 unspecified atom stereocenters. The van der Waals surface area contributed by atoms with Crippen LogP contribution < -0.4 is 10.2 Å². The Hall–Kier alpha value is -3.12. The van der Waals surface area contributed by atoms with Crippen molar-refractivity contribution in [2.45, 2.75) is 13.0 Å². The summed E-state index contributed by atoms with van der Waals surface area (Å²) in [6.45, 7) is 5.49.